The number of hydrogen-bond donors (Lipinski definition) is 0. The van der Waals surface area contributed by atoms with E-state index >= 15 is 0 Å². The summed E-state index contributed by atoms with van der Waals surface area (Å²) in [6, 6.07) is 10.4. The summed E-state index contributed by atoms with van der Waals surface area (Å²) in [5, 5.41) is 0. The number of nitrogens with zero attached hydrogens (tertiary/aromatic N) is 2. The molecule has 2 amide bonds. The van der Waals surface area contributed by atoms with Gasteiger partial charge in [-0.3, -0.25) is 9.59 Å². The fourth-order valence-corrected chi connectivity index (χ4v) is 3.10. The van der Waals surface area contributed by atoms with Gasteiger partial charge in [0.25, 0.3) is 5.91 Å². The maximum Gasteiger partial charge on any atom is 0.258 e. The van der Waals surface area contributed by atoms with Crippen molar-refractivity contribution in [3.8, 4) is 0 Å². The second-order valence-corrected chi connectivity index (χ2v) is 6.26. The fourth-order valence-electron chi connectivity index (χ4n) is 3.10. The Morgan fingerprint density at radius 1 is 1.12 bits per heavy atom. The number of hydrogen-bond acceptors (Lipinski definition) is 2. The Labute approximate surface area is 151 Å². The molecule has 3 rings (SSSR count). The molecular weight excluding hydrogens is 338 g/mol. The number of likely N-dealkylation sites (tertiary alicyclic amines) is 1. The van der Waals surface area contributed by atoms with E-state index in [0.29, 0.717) is 30.8 Å². The van der Waals surface area contributed by atoms with Crippen molar-refractivity contribution < 1.29 is 18.4 Å². The normalized spacial score (nSPS) is 14.0. The Balaban J connectivity index is 1.75. The first-order valence-electron chi connectivity index (χ1n) is 8.63. The molecule has 1 aliphatic rings. The lowest BCUT2D eigenvalue weighted by atomic mass is 10.1. The maximum atomic E-state index is 13.5. The monoisotopic (exact) mass is 358 g/mol. The summed E-state index contributed by atoms with van der Waals surface area (Å²) in [6.45, 7) is 3.40. The van der Waals surface area contributed by atoms with E-state index in [1.807, 2.05) is 12.1 Å². The summed E-state index contributed by atoms with van der Waals surface area (Å²) in [5.74, 6) is -2.07. The third kappa shape index (κ3) is 3.74. The van der Waals surface area contributed by atoms with Gasteiger partial charge in [0.05, 0.1) is 0 Å². The van der Waals surface area contributed by atoms with Crippen LogP contribution in [0.4, 0.5) is 14.5 Å². The number of benzene rings is 2. The van der Waals surface area contributed by atoms with Crippen molar-refractivity contribution in [1.29, 1.82) is 0 Å². The Bertz CT molecular complexity index is 821. The van der Waals surface area contributed by atoms with Gasteiger partial charge in [0.15, 0.2) is 11.6 Å². The molecule has 1 fully saturated rings. The second kappa shape index (κ2) is 7.64. The van der Waals surface area contributed by atoms with E-state index in [2.05, 4.69) is 0 Å². The van der Waals surface area contributed by atoms with Gasteiger partial charge in [0.1, 0.15) is 0 Å². The van der Waals surface area contributed by atoms with Crippen LogP contribution in [0.3, 0.4) is 0 Å². The predicted molar refractivity (Wildman–Crippen MR) is 94.8 cm³/mol. The standard InChI is InChI=1S/C20H20F2N2O2/c1-2-24(16-9-10-17(21)18(22)12-16)20(26)15-7-5-14(6-8-15)13-23-11-3-4-19(23)25/h5-10,12H,2-4,11,13H2,1H3. The van der Waals surface area contributed by atoms with Gasteiger partial charge in [-0.2, -0.15) is 0 Å². The average Bonchev–Trinajstić information content (AvgIpc) is 3.04. The van der Waals surface area contributed by atoms with Gasteiger partial charge < -0.3 is 9.80 Å². The molecule has 1 saturated heterocycles. The van der Waals surface area contributed by atoms with Crippen LogP contribution in [-0.4, -0.2) is 29.8 Å². The summed E-state index contributed by atoms with van der Waals surface area (Å²) < 4.78 is 26.6. The van der Waals surface area contributed by atoms with E-state index in [1.165, 1.54) is 11.0 Å². The summed E-state index contributed by atoms with van der Waals surface area (Å²) in [6.07, 6.45) is 1.48. The third-order valence-electron chi connectivity index (χ3n) is 4.52. The summed E-state index contributed by atoms with van der Waals surface area (Å²) >= 11 is 0. The second-order valence-electron chi connectivity index (χ2n) is 6.26. The highest BCUT2D eigenvalue weighted by Crippen LogP contribution is 2.21. The van der Waals surface area contributed by atoms with E-state index < -0.39 is 11.6 Å². The lowest BCUT2D eigenvalue weighted by Crippen LogP contribution is -2.30. The van der Waals surface area contributed by atoms with E-state index in [1.54, 1.807) is 24.0 Å². The zero-order valence-electron chi connectivity index (χ0n) is 14.5. The van der Waals surface area contributed by atoms with Crippen molar-refractivity contribution in [3.63, 3.8) is 0 Å². The Morgan fingerprint density at radius 3 is 2.42 bits per heavy atom. The van der Waals surface area contributed by atoms with Crippen molar-refractivity contribution >= 4 is 17.5 Å². The number of anilines is 1. The molecule has 0 atom stereocenters. The topological polar surface area (TPSA) is 40.6 Å². The Kier molecular flexibility index (Phi) is 5.30. The zero-order valence-corrected chi connectivity index (χ0v) is 14.5. The molecule has 26 heavy (non-hydrogen) atoms. The van der Waals surface area contributed by atoms with Gasteiger partial charge in [0.2, 0.25) is 5.91 Å². The number of rotatable bonds is 5. The molecule has 0 aliphatic carbocycles. The molecule has 0 radical (unpaired) electrons. The Morgan fingerprint density at radius 2 is 1.85 bits per heavy atom. The van der Waals surface area contributed by atoms with Gasteiger partial charge in [-0.25, -0.2) is 8.78 Å². The molecule has 0 unspecified atom stereocenters. The average molecular weight is 358 g/mol. The first-order valence-corrected chi connectivity index (χ1v) is 8.63. The quantitative estimate of drug-likeness (QED) is 0.817. The van der Waals surface area contributed by atoms with Crippen LogP contribution in [0.15, 0.2) is 42.5 Å². The molecular formula is C20H20F2N2O2. The molecule has 2 aromatic carbocycles. The smallest absolute Gasteiger partial charge is 0.258 e. The fraction of sp³-hybridized carbons (Fsp3) is 0.300. The zero-order chi connectivity index (χ0) is 18.7. The molecule has 2 aromatic rings. The van der Waals surface area contributed by atoms with Gasteiger partial charge >= 0.3 is 0 Å². The lowest BCUT2D eigenvalue weighted by Gasteiger charge is -2.21. The van der Waals surface area contributed by atoms with E-state index in [9.17, 15) is 18.4 Å². The van der Waals surface area contributed by atoms with E-state index in [0.717, 1.165) is 30.7 Å². The highest BCUT2D eigenvalue weighted by Gasteiger charge is 2.21. The maximum absolute atomic E-state index is 13.5. The van der Waals surface area contributed by atoms with Crippen LogP contribution in [0.2, 0.25) is 0 Å². The van der Waals surface area contributed by atoms with E-state index in [-0.39, 0.29) is 11.8 Å². The minimum atomic E-state index is -0.987. The molecule has 1 aliphatic heterocycles. The molecule has 136 valence electrons. The van der Waals surface area contributed by atoms with Crippen LogP contribution in [0, 0.1) is 11.6 Å². The Hall–Kier alpha value is -2.76. The van der Waals surface area contributed by atoms with Crippen LogP contribution in [0.25, 0.3) is 0 Å². The summed E-state index contributed by atoms with van der Waals surface area (Å²) in [4.78, 5) is 27.6. The highest BCUT2D eigenvalue weighted by molar-refractivity contribution is 6.06. The van der Waals surface area contributed by atoms with Crippen LogP contribution in [0.1, 0.15) is 35.7 Å². The molecule has 0 N–H and O–H groups in total. The SMILES string of the molecule is CCN(C(=O)c1ccc(CN2CCCC2=O)cc1)c1ccc(F)c(F)c1. The van der Waals surface area contributed by atoms with Gasteiger partial charge in [0, 0.05) is 43.4 Å². The summed E-state index contributed by atoms with van der Waals surface area (Å²) in [7, 11) is 0. The number of carbonyl (C=O) groups excluding carboxylic acids is 2. The van der Waals surface area contributed by atoms with Crippen molar-refractivity contribution in [2.45, 2.75) is 26.3 Å². The van der Waals surface area contributed by atoms with Crippen LogP contribution < -0.4 is 4.90 Å². The first kappa shape index (κ1) is 18.0. The van der Waals surface area contributed by atoms with Crippen molar-refractivity contribution in [1.82, 2.24) is 4.90 Å². The molecule has 0 spiro atoms. The third-order valence-corrected chi connectivity index (χ3v) is 4.52. The predicted octanol–water partition coefficient (Wildman–Crippen LogP) is 3.75. The molecule has 0 saturated carbocycles. The molecule has 0 aromatic heterocycles. The lowest BCUT2D eigenvalue weighted by molar-refractivity contribution is -0.128. The van der Waals surface area contributed by atoms with Crippen LogP contribution >= 0.6 is 0 Å². The van der Waals surface area contributed by atoms with Gasteiger partial charge in [-0.15, -0.1) is 0 Å². The van der Waals surface area contributed by atoms with Crippen LogP contribution in [-0.2, 0) is 11.3 Å². The highest BCUT2D eigenvalue weighted by atomic mass is 19.2. The first-order chi connectivity index (χ1) is 12.5. The minimum Gasteiger partial charge on any atom is -0.338 e. The van der Waals surface area contributed by atoms with Gasteiger partial charge in [-0.05, 0) is 43.2 Å². The largest absolute Gasteiger partial charge is 0.338 e. The van der Waals surface area contributed by atoms with Crippen LogP contribution in [0.5, 0.6) is 0 Å². The van der Waals surface area contributed by atoms with Crippen molar-refractivity contribution in [2.75, 3.05) is 18.0 Å². The van der Waals surface area contributed by atoms with Crippen molar-refractivity contribution in [3.05, 3.63) is 65.2 Å². The molecule has 0 bridgehead atoms. The number of carbonyl (C=O) groups is 2. The molecule has 1 heterocycles. The minimum absolute atomic E-state index is 0.153. The van der Waals surface area contributed by atoms with Crippen molar-refractivity contribution in [2.24, 2.45) is 0 Å². The molecule has 4 nitrogen and oxygen atoms in total. The molecule has 6 heteroatoms. The van der Waals surface area contributed by atoms with Gasteiger partial charge in [-0.1, -0.05) is 12.1 Å². The number of amides is 2. The van der Waals surface area contributed by atoms with E-state index in [4.69, 9.17) is 0 Å². The number of halogens is 2. The summed E-state index contributed by atoms with van der Waals surface area (Å²) in [5.41, 5.74) is 1.71.